The summed E-state index contributed by atoms with van der Waals surface area (Å²) in [4.78, 5) is 29.7. The minimum atomic E-state index is -0.364. The van der Waals surface area contributed by atoms with Gasteiger partial charge in [-0.3, -0.25) is 14.5 Å². The van der Waals surface area contributed by atoms with E-state index in [9.17, 15) is 9.59 Å². The normalized spacial score (nSPS) is 16.2. The third-order valence-electron chi connectivity index (χ3n) is 5.83. The predicted octanol–water partition coefficient (Wildman–Crippen LogP) is 2.22. The zero-order valence-electron chi connectivity index (χ0n) is 17.9. The quantitative estimate of drug-likeness (QED) is 0.692. The lowest BCUT2D eigenvalue weighted by atomic mass is 9.86. The molecule has 2 aromatic rings. The topological polar surface area (TPSA) is 71.1 Å². The second-order valence-corrected chi connectivity index (χ2v) is 7.91. The molecule has 4 rings (SSSR count). The van der Waals surface area contributed by atoms with Crippen molar-refractivity contribution in [1.82, 2.24) is 15.1 Å². The van der Waals surface area contributed by atoms with Gasteiger partial charge in [0.15, 0.2) is 0 Å². The van der Waals surface area contributed by atoms with E-state index in [-0.39, 0.29) is 17.7 Å². The molecule has 2 aromatic carbocycles. The molecule has 2 aliphatic heterocycles. The van der Waals surface area contributed by atoms with E-state index in [1.807, 2.05) is 53.4 Å². The minimum absolute atomic E-state index is 0.0168. The second-order valence-electron chi connectivity index (χ2n) is 7.91. The zero-order chi connectivity index (χ0) is 21.6. The number of amides is 2. The van der Waals surface area contributed by atoms with Gasteiger partial charge in [-0.05, 0) is 18.6 Å². The van der Waals surface area contributed by atoms with Gasteiger partial charge in [-0.25, -0.2) is 0 Å². The molecule has 7 heteroatoms. The van der Waals surface area contributed by atoms with E-state index in [1.165, 1.54) is 0 Å². The standard InChI is InChI=1S/C24H29N3O4/c1-30-16-6-11-25-22(28)17-26-12-14-27(15-13-26)24(29)23-18-7-2-4-9-20(18)31-21-10-5-3-8-19(21)23/h2-5,7-10,23H,6,11-17H2,1H3,(H,25,28). The van der Waals surface area contributed by atoms with Gasteiger partial charge < -0.3 is 19.7 Å². The van der Waals surface area contributed by atoms with E-state index in [4.69, 9.17) is 9.47 Å². The lowest BCUT2D eigenvalue weighted by Gasteiger charge is -2.37. The van der Waals surface area contributed by atoms with E-state index in [0.717, 1.165) is 29.0 Å². The number of ether oxygens (including phenoxy) is 2. The smallest absolute Gasteiger partial charge is 0.234 e. The highest BCUT2D eigenvalue weighted by Crippen LogP contribution is 2.44. The van der Waals surface area contributed by atoms with Crippen LogP contribution in [0, 0.1) is 0 Å². The molecule has 1 fully saturated rings. The fourth-order valence-corrected chi connectivity index (χ4v) is 4.19. The molecule has 2 aliphatic rings. The van der Waals surface area contributed by atoms with E-state index < -0.39 is 0 Å². The van der Waals surface area contributed by atoms with Crippen LogP contribution in [-0.4, -0.2) is 74.6 Å². The van der Waals surface area contributed by atoms with Gasteiger partial charge in [0.1, 0.15) is 11.5 Å². The number of carbonyl (C=O) groups excluding carboxylic acids is 2. The number of hydrogen-bond donors (Lipinski definition) is 1. The summed E-state index contributed by atoms with van der Waals surface area (Å²) < 4.78 is 11.0. The first kappa shape index (κ1) is 21.3. The molecule has 31 heavy (non-hydrogen) atoms. The molecular formula is C24H29N3O4. The van der Waals surface area contributed by atoms with Gasteiger partial charge in [-0.2, -0.15) is 0 Å². The molecule has 1 N–H and O–H groups in total. The maximum atomic E-state index is 13.6. The van der Waals surface area contributed by atoms with Crippen molar-refractivity contribution in [3.8, 4) is 11.5 Å². The van der Waals surface area contributed by atoms with Gasteiger partial charge in [0.05, 0.1) is 12.5 Å². The average Bonchev–Trinajstić information content (AvgIpc) is 2.80. The van der Waals surface area contributed by atoms with Gasteiger partial charge >= 0.3 is 0 Å². The molecule has 2 amide bonds. The van der Waals surface area contributed by atoms with Crippen molar-refractivity contribution < 1.29 is 19.1 Å². The van der Waals surface area contributed by atoms with Crippen LogP contribution in [0.3, 0.4) is 0 Å². The molecule has 0 saturated carbocycles. The van der Waals surface area contributed by atoms with Crippen molar-refractivity contribution in [2.24, 2.45) is 0 Å². The molecule has 0 radical (unpaired) electrons. The van der Waals surface area contributed by atoms with Crippen LogP contribution in [0.25, 0.3) is 0 Å². The largest absolute Gasteiger partial charge is 0.457 e. The number of carbonyl (C=O) groups is 2. The molecule has 0 aromatic heterocycles. The Bertz CT molecular complexity index is 879. The summed E-state index contributed by atoms with van der Waals surface area (Å²) in [5.74, 6) is 1.22. The number of piperazine rings is 1. The molecule has 0 spiro atoms. The van der Waals surface area contributed by atoms with Crippen molar-refractivity contribution in [3.05, 3.63) is 59.7 Å². The van der Waals surface area contributed by atoms with E-state index in [2.05, 4.69) is 10.2 Å². The number of hydrogen-bond acceptors (Lipinski definition) is 5. The number of para-hydroxylation sites is 2. The van der Waals surface area contributed by atoms with Crippen molar-refractivity contribution in [1.29, 1.82) is 0 Å². The number of fused-ring (bicyclic) bond motifs is 2. The third kappa shape index (κ3) is 4.89. The van der Waals surface area contributed by atoms with Gasteiger partial charge in [-0.15, -0.1) is 0 Å². The van der Waals surface area contributed by atoms with E-state index >= 15 is 0 Å². The third-order valence-corrected chi connectivity index (χ3v) is 5.83. The van der Waals surface area contributed by atoms with Crippen LogP contribution in [0.1, 0.15) is 23.5 Å². The maximum Gasteiger partial charge on any atom is 0.234 e. The fraction of sp³-hybridized carbons (Fsp3) is 0.417. The van der Waals surface area contributed by atoms with Crippen LogP contribution in [-0.2, 0) is 14.3 Å². The van der Waals surface area contributed by atoms with Crippen molar-refractivity contribution in [2.45, 2.75) is 12.3 Å². The lowest BCUT2D eigenvalue weighted by molar-refractivity contribution is -0.134. The molecule has 0 unspecified atom stereocenters. The Morgan fingerprint density at radius 3 is 2.23 bits per heavy atom. The van der Waals surface area contributed by atoms with Crippen LogP contribution < -0.4 is 10.1 Å². The summed E-state index contributed by atoms with van der Waals surface area (Å²) in [6.07, 6.45) is 0.804. The summed E-state index contributed by atoms with van der Waals surface area (Å²) >= 11 is 0. The monoisotopic (exact) mass is 423 g/mol. The number of nitrogens with zero attached hydrogens (tertiary/aromatic N) is 2. The van der Waals surface area contributed by atoms with Crippen LogP contribution >= 0.6 is 0 Å². The summed E-state index contributed by atoms with van der Waals surface area (Å²) in [7, 11) is 1.65. The summed E-state index contributed by atoms with van der Waals surface area (Å²) in [5, 5.41) is 2.92. The number of methoxy groups -OCH3 is 1. The zero-order valence-corrected chi connectivity index (χ0v) is 17.9. The molecule has 0 aliphatic carbocycles. The van der Waals surface area contributed by atoms with Crippen molar-refractivity contribution in [2.75, 3.05) is 53.0 Å². The SMILES string of the molecule is COCCCNC(=O)CN1CCN(C(=O)C2c3ccccc3Oc3ccccc32)CC1. The second kappa shape index (κ2) is 9.94. The first-order valence-corrected chi connectivity index (χ1v) is 10.8. The number of benzene rings is 2. The Balaban J connectivity index is 1.38. The van der Waals surface area contributed by atoms with Gasteiger partial charge in [-0.1, -0.05) is 36.4 Å². The maximum absolute atomic E-state index is 13.6. The summed E-state index contributed by atoms with van der Waals surface area (Å²) in [5.41, 5.74) is 1.81. The van der Waals surface area contributed by atoms with Crippen LogP contribution in [0.5, 0.6) is 11.5 Å². The Labute approximate surface area is 182 Å². The summed E-state index contributed by atoms with van der Waals surface area (Å²) in [6, 6.07) is 15.5. The van der Waals surface area contributed by atoms with Gasteiger partial charge in [0.2, 0.25) is 11.8 Å². The first-order chi connectivity index (χ1) is 15.2. The molecular weight excluding hydrogens is 394 g/mol. The highest BCUT2D eigenvalue weighted by molar-refractivity contribution is 5.89. The molecule has 0 bridgehead atoms. The van der Waals surface area contributed by atoms with Crippen molar-refractivity contribution >= 4 is 11.8 Å². The van der Waals surface area contributed by atoms with Gasteiger partial charge in [0, 0.05) is 57.6 Å². The Kier molecular flexibility index (Phi) is 6.84. The fourth-order valence-electron chi connectivity index (χ4n) is 4.19. The van der Waals surface area contributed by atoms with Gasteiger partial charge in [0.25, 0.3) is 0 Å². The summed E-state index contributed by atoms with van der Waals surface area (Å²) in [6.45, 7) is 4.20. The number of rotatable bonds is 7. The average molecular weight is 424 g/mol. The van der Waals surface area contributed by atoms with Crippen LogP contribution in [0.4, 0.5) is 0 Å². The molecule has 1 saturated heterocycles. The van der Waals surface area contributed by atoms with Crippen LogP contribution in [0.2, 0.25) is 0 Å². The molecule has 2 heterocycles. The molecule has 7 nitrogen and oxygen atoms in total. The number of nitrogens with one attached hydrogen (secondary N) is 1. The Morgan fingerprint density at radius 2 is 1.61 bits per heavy atom. The molecule has 164 valence electrons. The Hall–Kier alpha value is -2.90. The first-order valence-electron chi connectivity index (χ1n) is 10.8. The molecule has 0 atom stereocenters. The Morgan fingerprint density at radius 1 is 1.00 bits per heavy atom. The highest BCUT2D eigenvalue weighted by atomic mass is 16.5. The van der Waals surface area contributed by atoms with E-state index in [0.29, 0.717) is 45.9 Å². The van der Waals surface area contributed by atoms with Crippen LogP contribution in [0.15, 0.2) is 48.5 Å². The van der Waals surface area contributed by atoms with Crippen molar-refractivity contribution in [3.63, 3.8) is 0 Å². The van der Waals surface area contributed by atoms with E-state index in [1.54, 1.807) is 7.11 Å². The predicted molar refractivity (Wildman–Crippen MR) is 117 cm³/mol. The highest BCUT2D eigenvalue weighted by Gasteiger charge is 2.36. The minimum Gasteiger partial charge on any atom is -0.457 e. The lowest BCUT2D eigenvalue weighted by Crippen LogP contribution is -2.52.